The summed E-state index contributed by atoms with van der Waals surface area (Å²) in [7, 11) is 0. The normalized spacial score (nSPS) is 10.8. The summed E-state index contributed by atoms with van der Waals surface area (Å²) in [4.78, 5) is 47.1. The average Bonchev–Trinajstić information content (AvgIpc) is 2.75. The molecule has 0 spiro atoms. The summed E-state index contributed by atoms with van der Waals surface area (Å²) in [6.45, 7) is -0.735. The maximum atomic E-state index is 12.8. The van der Waals surface area contributed by atoms with E-state index in [2.05, 4.69) is 15.5 Å². The van der Waals surface area contributed by atoms with Gasteiger partial charge in [0.05, 0.1) is 22.7 Å². The van der Waals surface area contributed by atoms with Crippen molar-refractivity contribution in [3.8, 4) is 0 Å². The van der Waals surface area contributed by atoms with Gasteiger partial charge in [-0.15, -0.1) is 0 Å². The Morgan fingerprint density at radius 2 is 1.55 bits per heavy atom. The van der Waals surface area contributed by atoms with Crippen molar-refractivity contribution in [2.75, 3.05) is 11.9 Å². The van der Waals surface area contributed by atoms with Crippen LogP contribution in [0.3, 0.4) is 0 Å². The van der Waals surface area contributed by atoms with E-state index in [4.69, 9.17) is 23.2 Å². The lowest BCUT2D eigenvalue weighted by molar-refractivity contribution is -0.149. The molecule has 0 bridgehead atoms. The SMILES string of the molecule is O=C(COC(=O)CCC(=O)Nc1cc(C(F)(F)F)ccc1Cl)NNC(=O)c1ccc(Cl)cc1. The van der Waals surface area contributed by atoms with Gasteiger partial charge in [0.15, 0.2) is 6.61 Å². The Morgan fingerprint density at radius 3 is 2.18 bits per heavy atom. The highest BCUT2D eigenvalue weighted by molar-refractivity contribution is 6.33. The summed E-state index contributed by atoms with van der Waals surface area (Å²) in [5, 5.41) is 2.49. The first-order valence-electron chi connectivity index (χ1n) is 9.12. The molecule has 0 aliphatic carbocycles. The van der Waals surface area contributed by atoms with Crippen LogP contribution in [-0.2, 0) is 25.3 Å². The molecule has 0 atom stereocenters. The van der Waals surface area contributed by atoms with Gasteiger partial charge >= 0.3 is 12.1 Å². The Kier molecular flexibility index (Phi) is 9.06. The van der Waals surface area contributed by atoms with E-state index in [1.165, 1.54) is 24.3 Å². The molecular formula is C20H16Cl2F3N3O5. The highest BCUT2D eigenvalue weighted by Gasteiger charge is 2.31. The highest BCUT2D eigenvalue weighted by atomic mass is 35.5. The quantitative estimate of drug-likeness (QED) is 0.391. The van der Waals surface area contributed by atoms with Crippen LogP contribution in [0.5, 0.6) is 0 Å². The van der Waals surface area contributed by atoms with Crippen LogP contribution in [-0.4, -0.2) is 30.3 Å². The molecule has 0 aliphatic rings. The van der Waals surface area contributed by atoms with Crippen molar-refractivity contribution >= 4 is 52.6 Å². The van der Waals surface area contributed by atoms with E-state index >= 15 is 0 Å². The Bertz CT molecular complexity index is 1050. The first kappa shape index (κ1) is 25.9. The van der Waals surface area contributed by atoms with E-state index in [0.29, 0.717) is 11.1 Å². The molecule has 0 unspecified atom stereocenters. The molecule has 0 heterocycles. The van der Waals surface area contributed by atoms with Gasteiger partial charge < -0.3 is 10.1 Å². The van der Waals surface area contributed by atoms with E-state index in [1.54, 1.807) is 0 Å². The Morgan fingerprint density at radius 1 is 0.879 bits per heavy atom. The second kappa shape index (κ2) is 11.5. The fraction of sp³-hybridized carbons (Fsp3) is 0.200. The topological polar surface area (TPSA) is 114 Å². The van der Waals surface area contributed by atoms with Crippen molar-refractivity contribution in [2.24, 2.45) is 0 Å². The molecule has 33 heavy (non-hydrogen) atoms. The van der Waals surface area contributed by atoms with Gasteiger partial charge in [-0.3, -0.25) is 30.0 Å². The number of rotatable bonds is 7. The molecule has 3 N–H and O–H groups in total. The molecule has 176 valence electrons. The molecule has 8 nitrogen and oxygen atoms in total. The van der Waals surface area contributed by atoms with Gasteiger partial charge in [-0.25, -0.2) is 0 Å². The fourth-order valence-electron chi connectivity index (χ4n) is 2.28. The molecule has 13 heteroatoms. The van der Waals surface area contributed by atoms with Gasteiger partial charge in [0.25, 0.3) is 11.8 Å². The molecule has 0 saturated carbocycles. The fourth-order valence-corrected chi connectivity index (χ4v) is 2.57. The predicted molar refractivity (Wildman–Crippen MR) is 112 cm³/mol. The summed E-state index contributed by atoms with van der Waals surface area (Å²) < 4.78 is 43.0. The van der Waals surface area contributed by atoms with E-state index in [1.807, 2.05) is 5.43 Å². The number of hydrazine groups is 1. The first-order valence-corrected chi connectivity index (χ1v) is 9.88. The third-order valence-electron chi connectivity index (χ3n) is 3.91. The van der Waals surface area contributed by atoms with Crippen LogP contribution >= 0.6 is 23.2 Å². The molecule has 0 aliphatic heterocycles. The van der Waals surface area contributed by atoms with E-state index in [9.17, 15) is 32.3 Å². The smallest absolute Gasteiger partial charge is 0.416 e. The van der Waals surface area contributed by atoms with Crippen LogP contribution in [0.25, 0.3) is 0 Å². The average molecular weight is 506 g/mol. The van der Waals surface area contributed by atoms with Crippen LogP contribution in [0.2, 0.25) is 10.0 Å². The standard InChI is InChI=1S/C20H16Cl2F3N3O5/c21-13-4-1-11(2-5-13)19(32)28-27-17(30)10-33-18(31)8-7-16(29)26-15-9-12(20(23,24)25)3-6-14(15)22/h1-6,9H,7-8,10H2,(H,26,29)(H,27,30)(H,28,32). The van der Waals surface area contributed by atoms with Crippen LogP contribution in [0.4, 0.5) is 18.9 Å². The minimum atomic E-state index is -4.62. The summed E-state index contributed by atoms with van der Waals surface area (Å²) in [6, 6.07) is 8.25. The van der Waals surface area contributed by atoms with Crippen molar-refractivity contribution in [1.82, 2.24) is 10.9 Å². The Balaban J connectivity index is 1.72. The molecule has 0 fully saturated rings. The lowest BCUT2D eigenvalue weighted by Crippen LogP contribution is -2.43. The highest BCUT2D eigenvalue weighted by Crippen LogP contribution is 2.33. The van der Waals surface area contributed by atoms with Crippen molar-refractivity contribution in [3.05, 3.63) is 63.6 Å². The predicted octanol–water partition coefficient (Wildman–Crippen LogP) is 3.74. The minimum Gasteiger partial charge on any atom is -0.455 e. The molecule has 0 saturated heterocycles. The van der Waals surface area contributed by atoms with Crippen molar-refractivity contribution in [3.63, 3.8) is 0 Å². The third-order valence-corrected chi connectivity index (χ3v) is 4.49. The minimum absolute atomic E-state index is 0.115. The molecule has 2 rings (SSSR count). The van der Waals surface area contributed by atoms with Crippen molar-refractivity contribution in [2.45, 2.75) is 19.0 Å². The molecule has 2 aromatic carbocycles. The molecule has 2 aromatic rings. The summed E-state index contributed by atoms with van der Waals surface area (Å²) in [5.74, 6) is -3.17. The van der Waals surface area contributed by atoms with Crippen LogP contribution in [0.15, 0.2) is 42.5 Å². The summed E-state index contributed by atoms with van der Waals surface area (Å²) >= 11 is 11.5. The maximum Gasteiger partial charge on any atom is 0.416 e. The van der Waals surface area contributed by atoms with E-state index in [-0.39, 0.29) is 16.3 Å². The summed E-state index contributed by atoms with van der Waals surface area (Å²) in [5.41, 5.74) is 3.11. The largest absolute Gasteiger partial charge is 0.455 e. The first-order chi connectivity index (χ1) is 15.5. The number of benzene rings is 2. The monoisotopic (exact) mass is 505 g/mol. The van der Waals surface area contributed by atoms with Gasteiger partial charge in [-0.2, -0.15) is 13.2 Å². The number of amides is 3. The number of hydrogen-bond acceptors (Lipinski definition) is 5. The number of carbonyl (C=O) groups excluding carboxylic acids is 4. The molecular weight excluding hydrogens is 490 g/mol. The van der Waals surface area contributed by atoms with Gasteiger partial charge in [0, 0.05) is 17.0 Å². The zero-order chi connectivity index (χ0) is 24.6. The number of esters is 1. The van der Waals surface area contributed by atoms with Crippen LogP contribution < -0.4 is 16.2 Å². The van der Waals surface area contributed by atoms with E-state index < -0.39 is 54.9 Å². The zero-order valence-electron chi connectivity index (χ0n) is 16.6. The number of alkyl halides is 3. The second-order valence-electron chi connectivity index (χ2n) is 6.41. The van der Waals surface area contributed by atoms with E-state index in [0.717, 1.165) is 12.1 Å². The Labute approximate surface area is 195 Å². The van der Waals surface area contributed by atoms with Crippen LogP contribution in [0, 0.1) is 0 Å². The summed E-state index contributed by atoms with van der Waals surface area (Å²) in [6.07, 6.45) is -5.50. The molecule has 0 radical (unpaired) electrons. The number of anilines is 1. The Hall–Kier alpha value is -3.31. The zero-order valence-corrected chi connectivity index (χ0v) is 18.1. The van der Waals surface area contributed by atoms with Gasteiger partial charge in [0.2, 0.25) is 5.91 Å². The van der Waals surface area contributed by atoms with Gasteiger partial charge in [0.1, 0.15) is 0 Å². The number of ether oxygens (including phenoxy) is 1. The second-order valence-corrected chi connectivity index (χ2v) is 7.25. The molecule has 0 aromatic heterocycles. The van der Waals surface area contributed by atoms with Gasteiger partial charge in [-0.05, 0) is 42.5 Å². The van der Waals surface area contributed by atoms with Crippen molar-refractivity contribution < 1.29 is 37.1 Å². The number of halogens is 5. The third kappa shape index (κ3) is 8.62. The van der Waals surface area contributed by atoms with Crippen molar-refractivity contribution in [1.29, 1.82) is 0 Å². The number of carbonyl (C=O) groups is 4. The lowest BCUT2D eigenvalue weighted by Gasteiger charge is -2.11. The molecule has 3 amide bonds. The maximum absolute atomic E-state index is 12.8. The number of nitrogens with one attached hydrogen (secondary N) is 3. The number of hydrogen-bond donors (Lipinski definition) is 3. The lowest BCUT2D eigenvalue weighted by atomic mass is 10.2. The van der Waals surface area contributed by atoms with Gasteiger partial charge in [-0.1, -0.05) is 23.2 Å². The van der Waals surface area contributed by atoms with Crippen LogP contribution in [0.1, 0.15) is 28.8 Å².